The summed E-state index contributed by atoms with van der Waals surface area (Å²) < 4.78 is 5.32. The van der Waals surface area contributed by atoms with E-state index in [9.17, 15) is 4.79 Å². The van der Waals surface area contributed by atoms with E-state index in [1.165, 1.54) is 0 Å². The average molecular weight is 279 g/mol. The van der Waals surface area contributed by atoms with Crippen LogP contribution in [0.4, 0.5) is 0 Å². The first kappa shape index (κ1) is 14.4. The van der Waals surface area contributed by atoms with Gasteiger partial charge >= 0.3 is 0 Å². The van der Waals surface area contributed by atoms with Crippen LogP contribution >= 0.6 is 0 Å². The average Bonchev–Trinajstić information content (AvgIpc) is 2.74. The molecule has 1 aromatic heterocycles. The van der Waals surface area contributed by atoms with Crippen molar-refractivity contribution in [3.63, 3.8) is 0 Å². The summed E-state index contributed by atoms with van der Waals surface area (Å²) in [6.45, 7) is 1.78. The molecule has 0 bridgehead atoms. The van der Waals surface area contributed by atoms with Gasteiger partial charge in [-0.25, -0.2) is 0 Å². The number of hydrogen-bond acceptors (Lipinski definition) is 4. The monoisotopic (exact) mass is 279 g/mol. The van der Waals surface area contributed by atoms with Crippen molar-refractivity contribution in [3.8, 4) is 0 Å². The molecule has 0 aromatic carbocycles. The molecule has 1 aromatic rings. The molecule has 1 aliphatic carbocycles. The van der Waals surface area contributed by atoms with Gasteiger partial charge in [0.2, 0.25) is 0 Å². The molecule has 0 saturated heterocycles. The molecule has 0 aliphatic heterocycles. The second-order valence-electron chi connectivity index (χ2n) is 5.35. The Balaban J connectivity index is 2.21. The van der Waals surface area contributed by atoms with Crippen LogP contribution in [0.15, 0.2) is 21.7 Å². The number of nitrogens with one attached hydrogen (secondary N) is 1. The normalized spacial score (nSPS) is 19.4. The number of carbonyl (C=O) groups is 1. The molecule has 0 radical (unpaired) electrons. The molecule has 1 aliphatic rings. The lowest BCUT2D eigenvalue weighted by atomic mass is 9.88. The van der Waals surface area contributed by atoms with Gasteiger partial charge < -0.3 is 20.7 Å². The molecule has 6 heteroatoms. The van der Waals surface area contributed by atoms with Crippen LogP contribution in [0.1, 0.15) is 54.8 Å². The van der Waals surface area contributed by atoms with Crippen LogP contribution in [0.5, 0.6) is 0 Å². The van der Waals surface area contributed by atoms with Crippen molar-refractivity contribution in [3.05, 3.63) is 23.7 Å². The zero-order chi connectivity index (χ0) is 14.6. The highest BCUT2D eigenvalue weighted by Gasteiger charge is 2.37. The van der Waals surface area contributed by atoms with E-state index in [4.69, 9.17) is 15.4 Å². The molecular formula is C14H21N3O3. The van der Waals surface area contributed by atoms with Crippen molar-refractivity contribution in [2.24, 2.45) is 10.9 Å². The largest absolute Gasteiger partial charge is 0.456 e. The Bertz CT molecular complexity index is 500. The Hall–Kier alpha value is -1.98. The number of aryl methyl sites for hydroxylation is 1. The minimum Gasteiger partial charge on any atom is -0.456 e. The summed E-state index contributed by atoms with van der Waals surface area (Å²) in [5.41, 5.74) is 5.06. The van der Waals surface area contributed by atoms with E-state index in [0.29, 0.717) is 18.6 Å². The molecule has 6 nitrogen and oxygen atoms in total. The fourth-order valence-corrected chi connectivity index (χ4v) is 2.71. The molecule has 110 valence electrons. The SMILES string of the molecule is Cc1ccc(C(=O)NC2(/C(N)=N/O)CCCCCC2)o1. The number of furan rings is 1. The lowest BCUT2D eigenvalue weighted by Gasteiger charge is -2.32. The van der Waals surface area contributed by atoms with Gasteiger partial charge in [0.15, 0.2) is 11.6 Å². The number of rotatable bonds is 3. The summed E-state index contributed by atoms with van der Waals surface area (Å²) in [5.74, 6) is 0.661. The zero-order valence-electron chi connectivity index (χ0n) is 11.7. The number of nitrogens with two attached hydrogens (primary N) is 1. The molecular weight excluding hydrogens is 258 g/mol. The third-order valence-corrected chi connectivity index (χ3v) is 3.87. The fraction of sp³-hybridized carbons (Fsp3) is 0.571. The Morgan fingerprint density at radius 1 is 1.35 bits per heavy atom. The van der Waals surface area contributed by atoms with E-state index < -0.39 is 5.54 Å². The van der Waals surface area contributed by atoms with Crippen molar-refractivity contribution in [2.45, 2.75) is 51.0 Å². The van der Waals surface area contributed by atoms with Crippen LogP contribution in [-0.4, -0.2) is 22.5 Å². The maximum absolute atomic E-state index is 12.3. The van der Waals surface area contributed by atoms with Gasteiger partial charge in [0.1, 0.15) is 11.3 Å². The Labute approximate surface area is 118 Å². The first-order chi connectivity index (χ1) is 9.57. The van der Waals surface area contributed by atoms with Crippen LogP contribution in [0, 0.1) is 6.92 Å². The third-order valence-electron chi connectivity index (χ3n) is 3.87. The molecule has 0 atom stereocenters. The summed E-state index contributed by atoms with van der Waals surface area (Å²) in [6.07, 6.45) is 5.41. The van der Waals surface area contributed by atoms with E-state index in [1.807, 2.05) is 0 Å². The quantitative estimate of drug-likeness (QED) is 0.259. The van der Waals surface area contributed by atoms with Crippen LogP contribution in [0.2, 0.25) is 0 Å². The summed E-state index contributed by atoms with van der Waals surface area (Å²) in [5, 5.41) is 15.1. The van der Waals surface area contributed by atoms with Gasteiger partial charge in [0, 0.05) is 0 Å². The molecule has 1 heterocycles. The van der Waals surface area contributed by atoms with Gasteiger partial charge in [-0.2, -0.15) is 0 Å². The second kappa shape index (κ2) is 5.98. The molecule has 1 amide bonds. The summed E-state index contributed by atoms with van der Waals surface area (Å²) in [7, 11) is 0. The predicted molar refractivity (Wildman–Crippen MR) is 74.8 cm³/mol. The molecule has 0 spiro atoms. The highest BCUT2D eigenvalue weighted by molar-refractivity contribution is 5.98. The summed E-state index contributed by atoms with van der Waals surface area (Å²) >= 11 is 0. The maximum Gasteiger partial charge on any atom is 0.287 e. The second-order valence-corrected chi connectivity index (χ2v) is 5.35. The number of amides is 1. The van der Waals surface area contributed by atoms with E-state index in [1.54, 1.807) is 19.1 Å². The summed E-state index contributed by atoms with van der Waals surface area (Å²) in [6, 6.07) is 3.36. The fourth-order valence-electron chi connectivity index (χ4n) is 2.71. The van der Waals surface area contributed by atoms with E-state index in [0.717, 1.165) is 25.7 Å². The lowest BCUT2D eigenvalue weighted by Crippen LogP contribution is -2.57. The van der Waals surface area contributed by atoms with Crippen molar-refractivity contribution in [2.75, 3.05) is 0 Å². The van der Waals surface area contributed by atoms with Crippen molar-refractivity contribution < 1.29 is 14.4 Å². The van der Waals surface area contributed by atoms with Gasteiger partial charge in [0.25, 0.3) is 5.91 Å². The molecule has 0 unspecified atom stereocenters. The van der Waals surface area contributed by atoms with Crippen molar-refractivity contribution >= 4 is 11.7 Å². The Kier molecular flexibility index (Phi) is 4.32. The smallest absolute Gasteiger partial charge is 0.287 e. The minimum absolute atomic E-state index is 0.0658. The lowest BCUT2D eigenvalue weighted by molar-refractivity contribution is 0.0885. The van der Waals surface area contributed by atoms with E-state index >= 15 is 0 Å². The van der Waals surface area contributed by atoms with Crippen LogP contribution in [0.25, 0.3) is 0 Å². The maximum atomic E-state index is 12.3. The first-order valence-corrected chi connectivity index (χ1v) is 6.94. The standard InChI is InChI=1S/C14H21N3O3/c1-10-6-7-11(20-10)12(18)16-14(13(15)17-19)8-4-2-3-5-9-14/h6-7,19H,2-5,8-9H2,1H3,(H2,15,17)(H,16,18). The van der Waals surface area contributed by atoms with E-state index in [2.05, 4.69) is 10.5 Å². The van der Waals surface area contributed by atoms with Gasteiger partial charge in [-0.05, 0) is 31.9 Å². The number of nitrogens with zero attached hydrogens (tertiary/aromatic N) is 1. The number of hydrogen-bond donors (Lipinski definition) is 3. The highest BCUT2D eigenvalue weighted by Crippen LogP contribution is 2.28. The zero-order valence-corrected chi connectivity index (χ0v) is 11.7. The van der Waals surface area contributed by atoms with Gasteiger partial charge in [-0.3, -0.25) is 4.79 Å². The van der Waals surface area contributed by atoms with Crippen LogP contribution < -0.4 is 11.1 Å². The number of amidine groups is 1. The van der Waals surface area contributed by atoms with Crippen LogP contribution in [-0.2, 0) is 0 Å². The highest BCUT2D eigenvalue weighted by atomic mass is 16.4. The van der Waals surface area contributed by atoms with Crippen LogP contribution in [0.3, 0.4) is 0 Å². The number of carbonyl (C=O) groups excluding carboxylic acids is 1. The molecule has 4 N–H and O–H groups in total. The van der Waals surface area contributed by atoms with Gasteiger partial charge in [0.05, 0.1) is 0 Å². The van der Waals surface area contributed by atoms with Crippen molar-refractivity contribution in [1.29, 1.82) is 0 Å². The van der Waals surface area contributed by atoms with Crippen molar-refractivity contribution in [1.82, 2.24) is 5.32 Å². The Morgan fingerprint density at radius 3 is 2.50 bits per heavy atom. The topological polar surface area (TPSA) is 101 Å². The van der Waals surface area contributed by atoms with E-state index in [-0.39, 0.29) is 17.5 Å². The number of oxime groups is 1. The molecule has 20 heavy (non-hydrogen) atoms. The Morgan fingerprint density at radius 2 is 2.00 bits per heavy atom. The van der Waals surface area contributed by atoms with Gasteiger partial charge in [-0.15, -0.1) is 0 Å². The first-order valence-electron chi connectivity index (χ1n) is 6.94. The third kappa shape index (κ3) is 2.95. The minimum atomic E-state index is -0.775. The summed E-state index contributed by atoms with van der Waals surface area (Å²) in [4.78, 5) is 12.3. The molecule has 1 fully saturated rings. The van der Waals surface area contributed by atoms with Gasteiger partial charge in [-0.1, -0.05) is 30.8 Å². The molecule has 2 rings (SSSR count). The predicted octanol–water partition coefficient (Wildman–Crippen LogP) is 2.16. The molecule has 1 saturated carbocycles.